The molecule has 0 unspecified atom stereocenters. The van der Waals surface area contributed by atoms with Gasteiger partial charge in [0.25, 0.3) is 0 Å². The van der Waals surface area contributed by atoms with Crippen LogP contribution in [-0.2, 0) is 19.1 Å². The molecule has 0 radical (unpaired) electrons. The molecule has 0 aliphatic heterocycles. The predicted molar refractivity (Wildman–Crippen MR) is 93.2 cm³/mol. The number of rotatable bonds is 9. The molecule has 0 aliphatic carbocycles. The fourth-order valence-corrected chi connectivity index (χ4v) is 3.55. The molecular weight excluding hydrogens is 370 g/mol. The highest BCUT2D eigenvalue weighted by molar-refractivity contribution is 8.01. The average molecular weight is 388 g/mol. The van der Waals surface area contributed by atoms with E-state index in [1.54, 1.807) is 20.1 Å². The Morgan fingerprint density at radius 3 is 1.83 bits per heavy atom. The van der Waals surface area contributed by atoms with E-state index in [2.05, 4.69) is 9.97 Å². The molecule has 24 heavy (non-hydrogen) atoms. The standard InChI is InChI=1S/C14H17N3O4S3/c1-4-20-10(18)7-23-12-9(6-15)13(17-14(16-12)22-3)24-8-11(19)21-5-2/h4-5,7-8H2,1-3H3. The third-order valence-electron chi connectivity index (χ3n) is 2.38. The van der Waals surface area contributed by atoms with Crippen molar-refractivity contribution in [3.63, 3.8) is 0 Å². The molecule has 1 aromatic heterocycles. The number of nitriles is 1. The van der Waals surface area contributed by atoms with Crippen LogP contribution in [-0.4, -0.2) is 52.9 Å². The Balaban J connectivity index is 2.97. The molecule has 0 N–H and O–H groups in total. The SMILES string of the molecule is CCOC(=O)CSc1nc(SC)nc(SCC(=O)OCC)c1C#N. The van der Waals surface area contributed by atoms with E-state index in [-0.39, 0.29) is 29.0 Å². The van der Waals surface area contributed by atoms with Crippen molar-refractivity contribution in [2.24, 2.45) is 0 Å². The van der Waals surface area contributed by atoms with Gasteiger partial charge in [-0.15, -0.1) is 0 Å². The van der Waals surface area contributed by atoms with Gasteiger partial charge in [0.15, 0.2) is 5.16 Å². The van der Waals surface area contributed by atoms with Gasteiger partial charge < -0.3 is 9.47 Å². The summed E-state index contributed by atoms with van der Waals surface area (Å²) in [6.07, 6.45) is 1.81. The summed E-state index contributed by atoms with van der Waals surface area (Å²) in [5.41, 5.74) is 0.247. The maximum Gasteiger partial charge on any atom is 0.316 e. The molecule has 0 aliphatic rings. The van der Waals surface area contributed by atoms with Gasteiger partial charge in [-0.25, -0.2) is 9.97 Å². The smallest absolute Gasteiger partial charge is 0.316 e. The highest BCUT2D eigenvalue weighted by atomic mass is 32.2. The zero-order chi connectivity index (χ0) is 17.9. The number of carbonyl (C=O) groups is 2. The molecule has 1 aromatic rings. The maximum atomic E-state index is 11.5. The Kier molecular flexibility index (Phi) is 9.59. The summed E-state index contributed by atoms with van der Waals surface area (Å²) < 4.78 is 9.74. The molecule has 0 aromatic carbocycles. The van der Waals surface area contributed by atoms with E-state index in [0.29, 0.717) is 28.4 Å². The number of nitrogens with zero attached hydrogens (tertiary/aromatic N) is 3. The molecule has 130 valence electrons. The highest BCUT2D eigenvalue weighted by Gasteiger charge is 2.18. The second-order valence-corrected chi connectivity index (χ2v) is 6.70. The lowest BCUT2D eigenvalue weighted by Gasteiger charge is -2.09. The first-order valence-corrected chi connectivity index (χ1v) is 10.2. The topological polar surface area (TPSA) is 102 Å². The van der Waals surface area contributed by atoms with Crippen LogP contribution in [0.3, 0.4) is 0 Å². The first-order chi connectivity index (χ1) is 11.5. The Morgan fingerprint density at radius 2 is 1.50 bits per heavy atom. The summed E-state index contributed by atoms with van der Waals surface area (Å²) >= 11 is 3.55. The maximum absolute atomic E-state index is 11.5. The first-order valence-electron chi connectivity index (χ1n) is 6.98. The lowest BCUT2D eigenvalue weighted by molar-refractivity contribution is -0.140. The molecule has 0 spiro atoms. The van der Waals surface area contributed by atoms with Crippen LogP contribution < -0.4 is 0 Å². The average Bonchev–Trinajstić information content (AvgIpc) is 2.58. The van der Waals surface area contributed by atoms with Gasteiger partial charge >= 0.3 is 11.9 Å². The summed E-state index contributed by atoms with van der Waals surface area (Å²) in [6, 6.07) is 2.05. The van der Waals surface area contributed by atoms with Crippen molar-refractivity contribution in [2.75, 3.05) is 31.0 Å². The van der Waals surface area contributed by atoms with Gasteiger partial charge in [-0.1, -0.05) is 35.3 Å². The van der Waals surface area contributed by atoms with E-state index in [0.717, 1.165) is 23.5 Å². The lowest BCUT2D eigenvalue weighted by atomic mass is 10.4. The third-order valence-corrected chi connectivity index (χ3v) is 4.83. The van der Waals surface area contributed by atoms with E-state index in [4.69, 9.17) is 9.47 Å². The Morgan fingerprint density at radius 1 is 1.04 bits per heavy atom. The minimum absolute atomic E-state index is 0.0509. The fourth-order valence-electron chi connectivity index (χ4n) is 1.46. The van der Waals surface area contributed by atoms with Crippen molar-refractivity contribution in [1.29, 1.82) is 5.26 Å². The van der Waals surface area contributed by atoms with Crippen LogP contribution in [0, 0.1) is 11.3 Å². The van der Waals surface area contributed by atoms with Crippen molar-refractivity contribution < 1.29 is 19.1 Å². The van der Waals surface area contributed by atoms with Gasteiger partial charge in [0.1, 0.15) is 21.7 Å². The predicted octanol–water partition coefficient (Wildman–Crippen LogP) is 2.38. The van der Waals surface area contributed by atoms with Crippen molar-refractivity contribution in [1.82, 2.24) is 9.97 Å². The molecule has 1 heterocycles. The Hall–Kier alpha value is -1.44. The number of aromatic nitrogens is 2. The molecule has 0 saturated carbocycles. The van der Waals surface area contributed by atoms with Crippen LogP contribution in [0.1, 0.15) is 19.4 Å². The van der Waals surface area contributed by atoms with Crippen LogP contribution in [0.25, 0.3) is 0 Å². The summed E-state index contributed by atoms with van der Waals surface area (Å²) in [7, 11) is 0. The summed E-state index contributed by atoms with van der Waals surface area (Å²) in [5.74, 6) is -0.655. The molecule has 0 bridgehead atoms. The van der Waals surface area contributed by atoms with Crippen LogP contribution in [0.15, 0.2) is 15.2 Å². The Labute approximate surface area is 153 Å². The zero-order valence-electron chi connectivity index (χ0n) is 13.5. The molecular formula is C14H17N3O4S3. The van der Waals surface area contributed by atoms with Gasteiger partial charge in [0, 0.05) is 0 Å². The van der Waals surface area contributed by atoms with Gasteiger partial charge in [-0.3, -0.25) is 9.59 Å². The van der Waals surface area contributed by atoms with Crippen LogP contribution in [0.5, 0.6) is 0 Å². The second-order valence-electron chi connectivity index (χ2n) is 3.99. The van der Waals surface area contributed by atoms with Crippen molar-refractivity contribution in [3.8, 4) is 6.07 Å². The number of hydrogen-bond acceptors (Lipinski definition) is 10. The highest BCUT2D eigenvalue weighted by Crippen LogP contribution is 2.30. The molecule has 0 saturated heterocycles. The molecule has 10 heteroatoms. The monoisotopic (exact) mass is 387 g/mol. The largest absolute Gasteiger partial charge is 0.465 e. The van der Waals surface area contributed by atoms with E-state index >= 15 is 0 Å². The van der Waals surface area contributed by atoms with E-state index in [1.165, 1.54) is 11.8 Å². The summed E-state index contributed by atoms with van der Waals surface area (Å²) in [4.78, 5) is 31.5. The molecule has 0 fully saturated rings. The Bertz CT molecular complexity index is 591. The fraction of sp³-hybridized carbons (Fsp3) is 0.500. The summed E-state index contributed by atoms with van der Waals surface area (Å²) in [6.45, 7) is 4.05. The van der Waals surface area contributed by atoms with E-state index in [1.807, 2.05) is 6.07 Å². The molecule has 0 amide bonds. The number of thioether (sulfide) groups is 3. The molecule has 7 nitrogen and oxygen atoms in total. The lowest BCUT2D eigenvalue weighted by Crippen LogP contribution is -2.09. The van der Waals surface area contributed by atoms with Crippen molar-refractivity contribution in [2.45, 2.75) is 29.1 Å². The number of ether oxygens (including phenoxy) is 2. The normalized spacial score (nSPS) is 10.1. The van der Waals surface area contributed by atoms with Gasteiger partial charge in [0.05, 0.1) is 24.7 Å². The minimum atomic E-state index is -0.378. The second kappa shape index (κ2) is 11.2. The van der Waals surface area contributed by atoms with E-state index in [9.17, 15) is 14.9 Å². The number of carbonyl (C=O) groups excluding carboxylic acids is 2. The van der Waals surface area contributed by atoms with Crippen LogP contribution in [0.2, 0.25) is 0 Å². The first kappa shape index (κ1) is 20.6. The van der Waals surface area contributed by atoms with Gasteiger partial charge in [-0.05, 0) is 20.1 Å². The molecule has 0 atom stereocenters. The third kappa shape index (κ3) is 6.59. The minimum Gasteiger partial charge on any atom is -0.465 e. The van der Waals surface area contributed by atoms with Crippen LogP contribution >= 0.6 is 35.3 Å². The zero-order valence-corrected chi connectivity index (χ0v) is 16.0. The quantitative estimate of drug-likeness (QED) is 0.271. The van der Waals surface area contributed by atoms with Gasteiger partial charge in [0.2, 0.25) is 0 Å². The van der Waals surface area contributed by atoms with Crippen LogP contribution in [0.4, 0.5) is 0 Å². The molecule has 1 rings (SSSR count). The van der Waals surface area contributed by atoms with E-state index < -0.39 is 0 Å². The van der Waals surface area contributed by atoms with Crippen molar-refractivity contribution >= 4 is 47.2 Å². The summed E-state index contributed by atoms with van der Waals surface area (Å²) in [5, 5.41) is 10.7. The number of esters is 2. The van der Waals surface area contributed by atoms with Crippen molar-refractivity contribution in [3.05, 3.63) is 5.56 Å². The van der Waals surface area contributed by atoms with Gasteiger partial charge in [-0.2, -0.15) is 5.26 Å². The number of hydrogen-bond donors (Lipinski definition) is 0.